The van der Waals surface area contributed by atoms with Gasteiger partial charge in [-0.1, -0.05) is 0 Å². The number of benzene rings is 1. The van der Waals surface area contributed by atoms with E-state index in [1.54, 1.807) is 12.3 Å². The van der Waals surface area contributed by atoms with Gasteiger partial charge in [0.25, 0.3) is 5.78 Å². The predicted molar refractivity (Wildman–Crippen MR) is 61.6 cm³/mol. The maximum absolute atomic E-state index is 11.5. The number of ether oxygens (including phenoxy) is 1. The van der Waals surface area contributed by atoms with Gasteiger partial charge in [0, 0.05) is 17.1 Å². The summed E-state index contributed by atoms with van der Waals surface area (Å²) in [6, 6.07) is 3.12. The summed E-state index contributed by atoms with van der Waals surface area (Å²) in [5.41, 5.74) is 1.77. The molecule has 0 bridgehead atoms. The zero-order valence-electron chi connectivity index (χ0n) is 9.40. The lowest BCUT2D eigenvalue weighted by Gasteiger charge is -2.07. The van der Waals surface area contributed by atoms with Crippen LogP contribution in [-0.2, 0) is 4.79 Å². The zero-order chi connectivity index (χ0) is 12.6. The molecule has 0 atom stereocenters. The highest BCUT2D eigenvalue weighted by Gasteiger charge is 2.22. The molecule has 0 aliphatic carbocycles. The van der Waals surface area contributed by atoms with E-state index in [1.165, 1.54) is 13.2 Å². The summed E-state index contributed by atoms with van der Waals surface area (Å²) < 4.78 is 5.16. The summed E-state index contributed by atoms with van der Waals surface area (Å²) >= 11 is 0. The van der Waals surface area contributed by atoms with E-state index in [4.69, 9.17) is 9.84 Å². The van der Waals surface area contributed by atoms with Gasteiger partial charge in [-0.05, 0) is 24.6 Å². The van der Waals surface area contributed by atoms with Crippen molar-refractivity contribution in [3.63, 3.8) is 0 Å². The number of carbonyl (C=O) groups excluding carboxylic acids is 1. The predicted octanol–water partition coefficient (Wildman–Crippen LogP) is 1.75. The Labute approximate surface area is 97.0 Å². The molecule has 1 aromatic heterocycles. The Morgan fingerprint density at radius 2 is 2.06 bits per heavy atom. The van der Waals surface area contributed by atoms with Gasteiger partial charge in [-0.25, -0.2) is 4.79 Å². The molecule has 88 valence electrons. The van der Waals surface area contributed by atoms with Gasteiger partial charge in [0.1, 0.15) is 5.75 Å². The molecule has 5 nitrogen and oxygen atoms in total. The van der Waals surface area contributed by atoms with E-state index < -0.39 is 11.8 Å². The molecule has 2 N–H and O–H groups in total. The molecule has 0 aliphatic rings. The number of Topliss-reactive ketones (excluding diaryl/α,β-unsaturated/α-hetero) is 1. The Morgan fingerprint density at radius 3 is 2.65 bits per heavy atom. The van der Waals surface area contributed by atoms with E-state index >= 15 is 0 Å². The maximum atomic E-state index is 11.5. The third kappa shape index (κ3) is 1.65. The maximum Gasteiger partial charge on any atom is 0.377 e. The molecular weight excluding hydrogens is 222 g/mol. The van der Waals surface area contributed by atoms with E-state index in [-0.39, 0.29) is 5.56 Å². The van der Waals surface area contributed by atoms with Gasteiger partial charge in [0.05, 0.1) is 12.7 Å². The summed E-state index contributed by atoms with van der Waals surface area (Å²) in [5, 5.41) is 9.47. The van der Waals surface area contributed by atoms with Crippen molar-refractivity contribution in [1.82, 2.24) is 4.98 Å². The summed E-state index contributed by atoms with van der Waals surface area (Å²) in [5.74, 6) is -2.16. The van der Waals surface area contributed by atoms with Crippen LogP contribution in [-0.4, -0.2) is 29.0 Å². The van der Waals surface area contributed by atoms with Crippen LogP contribution in [0.5, 0.6) is 5.75 Å². The second-order valence-electron chi connectivity index (χ2n) is 3.67. The van der Waals surface area contributed by atoms with Crippen LogP contribution in [0.1, 0.15) is 15.9 Å². The van der Waals surface area contributed by atoms with Crippen LogP contribution in [0.4, 0.5) is 0 Å². The number of hydrogen-bond donors (Lipinski definition) is 2. The number of carboxylic acid groups (broad SMARTS) is 1. The standard InChI is InChI=1S/C12H11NO4/c1-6-5-13-8-4-3-7(10(14)12(15)16)11(17-2)9(6)8/h3-5,13H,1-2H3,(H,15,16). The highest BCUT2D eigenvalue weighted by Crippen LogP contribution is 2.32. The number of ketones is 1. The number of hydrogen-bond acceptors (Lipinski definition) is 3. The lowest BCUT2D eigenvalue weighted by molar-refractivity contribution is -0.131. The molecule has 0 fully saturated rings. The van der Waals surface area contributed by atoms with Gasteiger partial charge in [0.2, 0.25) is 0 Å². The van der Waals surface area contributed by atoms with Crippen molar-refractivity contribution in [2.45, 2.75) is 6.92 Å². The van der Waals surface area contributed by atoms with Crippen molar-refractivity contribution in [3.05, 3.63) is 29.5 Å². The lowest BCUT2D eigenvalue weighted by Crippen LogP contribution is -2.13. The molecule has 0 saturated heterocycles. The van der Waals surface area contributed by atoms with Crippen molar-refractivity contribution in [2.24, 2.45) is 0 Å². The summed E-state index contributed by atoms with van der Waals surface area (Å²) in [6.07, 6.45) is 1.78. The molecule has 0 unspecified atom stereocenters. The first-order chi connectivity index (χ1) is 8.06. The number of methoxy groups -OCH3 is 1. The van der Waals surface area contributed by atoms with Crippen LogP contribution in [0.15, 0.2) is 18.3 Å². The first-order valence-corrected chi connectivity index (χ1v) is 4.98. The average Bonchev–Trinajstić information content (AvgIpc) is 2.69. The highest BCUT2D eigenvalue weighted by atomic mass is 16.5. The molecule has 2 rings (SSSR count). The zero-order valence-corrected chi connectivity index (χ0v) is 9.40. The van der Waals surface area contributed by atoms with Crippen molar-refractivity contribution < 1.29 is 19.4 Å². The number of rotatable bonds is 3. The monoisotopic (exact) mass is 233 g/mol. The van der Waals surface area contributed by atoms with Crippen LogP contribution in [0.25, 0.3) is 10.9 Å². The quantitative estimate of drug-likeness (QED) is 0.625. The van der Waals surface area contributed by atoms with E-state index in [9.17, 15) is 9.59 Å². The first kappa shape index (κ1) is 11.2. The number of aromatic amines is 1. The molecular formula is C12H11NO4. The molecule has 1 aromatic carbocycles. The third-order valence-corrected chi connectivity index (χ3v) is 2.64. The van der Waals surface area contributed by atoms with Gasteiger partial charge in [-0.15, -0.1) is 0 Å². The summed E-state index contributed by atoms with van der Waals surface area (Å²) in [6.45, 7) is 1.86. The van der Waals surface area contributed by atoms with Crippen LogP contribution in [0.3, 0.4) is 0 Å². The Hall–Kier alpha value is -2.30. The van der Waals surface area contributed by atoms with Crippen molar-refractivity contribution in [1.29, 1.82) is 0 Å². The van der Waals surface area contributed by atoms with Crippen molar-refractivity contribution in [3.8, 4) is 5.75 Å². The van der Waals surface area contributed by atoms with Crippen molar-refractivity contribution >= 4 is 22.7 Å². The molecule has 1 heterocycles. The molecule has 2 aromatic rings. The molecule has 0 spiro atoms. The van der Waals surface area contributed by atoms with Crippen molar-refractivity contribution in [2.75, 3.05) is 7.11 Å². The molecule has 0 aliphatic heterocycles. The SMILES string of the molecule is COc1c(C(=O)C(=O)O)ccc2[nH]cc(C)c12. The highest BCUT2D eigenvalue weighted by molar-refractivity contribution is 6.41. The number of carbonyl (C=O) groups is 2. The first-order valence-electron chi connectivity index (χ1n) is 4.98. The molecule has 0 amide bonds. The Bertz CT molecular complexity index is 612. The topological polar surface area (TPSA) is 79.4 Å². The van der Waals surface area contributed by atoms with E-state index in [1.807, 2.05) is 6.92 Å². The van der Waals surface area contributed by atoms with E-state index in [0.29, 0.717) is 5.75 Å². The fourth-order valence-electron chi connectivity index (χ4n) is 1.86. The summed E-state index contributed by atoms with van der Waals surface area (Å²) in [7, 11) is 1.42. The number of nitrogens with one attached hydrogen (secondary N) is 1. The number of H-pyrrole nitrogens is 1. The van der Waals surface area contributed by atoms with Crippen LogP contribution in [0, 0.1) is 6.92 Å². The lowest BCUT2D eigenvalue weighted by atomic mass is 10.0. The third-order valence-electron chi connectivity index (χ3n) is 2.64. The Morgan fingerprint density at radius 1 is 1.35 bits per heavy atom. The average molecular weight is 233 g/mol. The molecule has 17 heavy (non-hydrogen) atoms. The van der Waals surface area contributed by atoms with Crippen LogP contribution >= 0.6 is 0 Å². The van der Waals surface area contributed by atoms with Gasteiger partial charge in [0.15, 0.2) is 0 Å². The van der Waals surface area contributed by atoms with Gasteiger partial charge in [-0.2, -0.15) is 0 Å². The Balaban J connectivity index is 2.76. The second-order valence-corrected chi connectivity index (χ2v) is 3.67. The van der Waals surface area contributed by atoms with Gasteiger partial charge in [-0.3, -0.25) is 4.79 Å². The largest absolute Gasteiger partial charge is 0.495 e. The van der Waals surface area contributed by atoms with E-state index in [2.05, 4.69) is 4.98 Å². The number of aryl methyl sites for hydroxylation is 1. The number of fused-ring (bicyclic) bond motifs is 1. The minimum atomic E-state index is -1.49. The smallest absolute Gasteiger partial charge is 0.377 e. The van der Waals surface area contributed by atoms with Crippen LogP contribution < -0.4 is 4.74 Å². The molecule has 5 heteroatoms. The molecule has 0 saturated carbocycles. The number of carboxylic acids is 1. The minimum Gasteiger partial charge on any atom is -0.495 e. The Kier molecular flexibility index (Phi) is 2.59. The number of aliphatic carboxylic acids is 1. The second kappa shape index (κ2) is 3.93. The normalized spacial score (nSPS) is 10.5. The fraction of sp³-hybridized carbons (Fsp3) is 0.167. The van der Waals surface area contributed by atoms with Gasteiger partial charge >= 0.3 is 5.97 Å². The summed E-state index contributed by atoms with van der Waals surface area (Å²) in [4.78, 5) is 25.2. The number of aromatic nitrogens is 1. The van der Waals surface area contributed by atoms with Gasteiger partial charge < -0.3 is 14.8 Å². The fourth-order valence-corrected chi connectivity index (χ4v) is 1.86. The van der Waals surface area contributed by atoms with Crippen LogP contribution in [0.2, 0.25) is 0 Å². The minimum absolute atomic E-state index is 0.0650. The molecule has 0 radical (unpaired) electrons. The van der Waals surface area contributed by atoms with E-state index in [0.717, 1.165) is 16.5 Å².